The zero-order valence-corrected chi connectivity index (χ0v) is 10.1. The number of nitro groups is 1. The van der Waals surface area contributed by atoms with E-state index >= 15 is 0 Å². The smallest absolute Gasteiger partial charge is 0.330 e. The molecule has 0 unspecified atom stereocenters. The van der Waals surface area contributed by atoms with E-state index in [0.29, 0.717) is 0 Å². The SMILES string of the molecule is COc1ccc(S(=O)(=O)Cl)c(Cl)c1[N+](=O)[O-]. The molecule has 1 aromatic carbocycles. The molecule has 0 N–H and O–H groups in total. The van der Waals surface area contributed by atoms with E-state index in [0.717, 1.165) is 12.1 Å². The van der Waals surface area contributed by atoms with Gasteiger partial charge in [0.1, 0.15) is 9.92 Å². The monoisotopic (exact) mass is 285 g/mol. The van der Waals surface area contributed by atoms with Gasteiger partial charge in [0.15, 0.2) is 5.75 Å². The Bertz CT molecular complexity index is 542. The van der Waals surface area contributed by atoms with Crippen LogP contribution < -0.4 is 4.74 Å². The summed E-state index contributed by atoms with van der Waals surface area (Å²) in [6.07, 6.45) is 0. The molecule has 9 heteroatoms. The number of nitro benzene ring substituents is 1. The number of benzene rings is 1. The van der Waals surface area contributed by atoms with Crippen LogP contribution in [0, 0.1) is 10.1 Å². The summed E-state index contributed by atoms with van der Waals surface area (Å²) >= 11 is 5.59. The van der Waals surface area contributed by atoms with Crippen molar-refractivity contribution in [1.29, 1.82) is 0 Å². The molecular weight excluding hydrogens is 281 g/mol. The van der Waals surface area contributed by atoms with Crippen molar-refractivity contribution < 1.29 is 18.1 Å². The molecule has 0 amide bonds. The predicted molar refractivity (Wildman–Crippen MR) is 57.7 cm³/mol. The minimum absolute atomic E-state index is 0.140. The Labute approximate surface area is 100 Å². The molecule has 0 aliphatic carbocycles. The van der Waals surface area contributed by atoms with Crippen LogP contribution in [0.15, 0.2) is 17.0 Å². The van der Waals surface area contributed by atoms with Gasteiger partial charge < -0.3 is 4.74 Å². The number of rotatable bonds is 3. The lowest BCUT2D eigenvalue weighted by atomic mass is 10.3. The summed E-state index contributed by atoms with van der Waals surface area (Å²) in [7, 11) is 2.13. The maximum atomic E-state index is 11.0. The second-order valence-corrected chi connectivity index (χ2v) is 5.54. The van der Waals surface area contributed by atoms with Gasteiger partial charge >= 0.3 is 5.69 Å². The third kappa shape index (κ3) is 2.37. The summed E-state index contributed by atoms with van der Waals surface area (Å²) in [5, 5.41) is 10.1. The lowest BCUT2D eigenvalue weighted by molar-refractivity contribution is -0.385. The van der Waals surface area contributed by atoms with Crippen molar-refractivity contribution in [3.63, 3.8) is 0 Å². The van der Waals surface area contributed by atoms with Crippen molar-refractivity contribution in [2.45, 2.75) is 4.90 Å². The molecule has 0 spiro atoms. The Hall–Kier alpha value is -1.05. The van der Waals surface area contributed by atoms with E-state index in [1.165, 1.54) is 7.11 Å². The van der Waals surface area contributed by atoms with Crippen molar-refractivity contribution in [2.24, 2.45) is 0 Å². The number of ether oxygens (including phenoxy) is 1. The fraction of sp³-hybridized carbons (Fsp3) is 0.143. The van der Waals surface area contributed by atoms with Gasteiger partial charge in [0.25, 0.3) is 9.05 Å². The van der Waals surface area contributed by atoms with Crippen LogP contribution >= 0.6 is 22.3 Å². The highest BCUT2D eigenvalue weighted by atomic mass is 35.7. The van der Waals surface area contributed by atoms with E-state index in [1.807, 2.05) is 0 Å². The van der Waals surface area contributed by atoms with Crippen molar-refractivity contribution in [1.82, 2.24) is 0 Å². The second-order valence-electron chi connectivity index (χ2n) is 2.62. The summed E-state index contributed by atoms with van der Waals surface area (Å²) in [5.74, 6) is -0.140. The lowest BCUT2D eigenvalue weighted by Gasteiger charge is -2.05. The highest BCUT2D eigenvalue weighted by Gasteiger charge is 2.27. The highest BCUT2D eigenvalue weighted by Crippen LogP contribution is 2.39. The van der Waals surface area contributed by atoms with Crippen molar-refractivity contribution in [2.75, 3.05) is 7.11 Å². The lowest BCUT2D eigenvalue weighted by Crippen LogP contribution is -1.99. The zero-order valence-electron chi connectivity index (χ0n) is 7.81. The van der Waals surface area contributed by atoms with Crippen LogP contribution in [0.2, 0.25) is 5.02 Å². The molecular formula is C7H5Cl2NO5S. The minimum atomic E-state index is -4.13. The predicted octanol–water partition coefficient (Wildman–Crippen LogP) is 2.18. The van der Waals surface area contributed by atoms with Gasteiger partial charge in [0.05, 0.1) is 12.0 Å². The molecule has 0 aliphatic rings. The van der Waals surface area contributed by atoms with Gasteiger partial charge in [-0.25, -0.2) is 8.42 Å². The molecule has 0 saturated heterocycles. The average Bonchev–Trinajstić information content (AvgIpc) is 2.14. The van der Waals surface area contributed by atoms with Crippen LogP contribution in [-0.4, -0.2) is 20.5 Å². The molecule has 0 aliphatic heterocycles. The molecule has 0 radical (unpaired) electrons. The normalized spacial score (nSPS) is 11.2. The van der Waals surface area contributed by atoms with Gasteiger partial charge in [-0.1, -0.05) is 11.6 Å². The van der Waals surface area contributed by atoms with Crippen LogP contribution in [0.5, 0.6) is 5.75 Å². The molecule has 0 heterocycles. The Kier molecular flexibility index (Phi) is 3.61. The van der Waals surface area contributed by atoms with E-state index in [1.54, 1.807) is 0 Å². The van der Waals surface area contributed by atoms with Crippen LogP contribution in [-0.2, 0) is 9.05 Å². The molecule has 0 bridgehead atoms. The zero-order chi connectivity index (χ0) is 12.5. The summed E-state index contributed by atoms with van der Waals surface area (Å²) in [5.41, 5.74) is -0.633. The Morgan fingerprint density at radius 1 is 1.44 bits per heavy atom. The maximum absolute atomic E-state index is 11.0. The molecule has 1 rings (SSSR count). The van der Waals surface area contributed by atoms with Crippen LogP contribution in [0.25, 0.3) is 0 Å². The van der Waals surface area contributed by atoms with Gasteiger partial charge in [-0.05, 0) is 12.1 Å². The van der Waals surface area contributed by atoms with Gasteiger partial charge in [-0.3, -0.25) is 10.1 Å². The van der Waals surface area contributed by atoms with Crippen molar-refractivity contribution in [3.8, 4) is 5.75 Å². The Morgan fingerprint density at radius 3 is 2.38 bits per heavy atom. The number of methoxy groups -OCH3 is 1. The Balaban J connectivity index is 3.63. The largest absolute Gasteiger partial charge is 0.490 e. The average molecular weight is 286 g/mol. The first-order chi connectivity index (χ1) is 7.29. The van der Waals surface area contributed by atoms with Gasteiger partial charge in [0.2, 0.25) is 0 Å². The van der Waals surface area contributed by atoms with E-state index in [-0.39, 0.29) is 5.75 Å². The first kappa shape index (κ1) is 13.0. The summed E-state index contributed by atoms with van der Waals surface area (Å²) in [6, 6.07) is 2.15. The Morgan fingerprint density at radius 2 is 2.00 bits per heavy atom. The fourth-order valence-electron chi connectivity index (χ4n) is 1.05. The van der Waals surface area contributed by atoms with Crippen molar-refractivity contribution >= 4 is 37.0 Å². The summed E-state index contributed by atoms with van der Waals surface area (Å²) in [6.45, 7) is 0. The van der Waals surface area contributed by atoms with E-state index in [9.17, 15) is 18.5 Å². The second kappa shape index (κ2) is 4.44. The first-order valence-electron chi connectivity index (χ1n) is 3.74. The van der Waals surface area contributed by atoms with Crippen LogP contribution in [0.1, 0.15) is 0 Å². The fourth-order valence-corrected chi connectivity index (χ4v) is 2.63. The highest BCUT2D eigenvalue weighted by molar-refractivity contribution is 8.13. The van der Waals surface area contributed by atoms with Crippen molar-refractivity contribution in [3.05, 3.63) is 27.3 Å². The van der Waals surface area contributed by atoms with E-state index in [2.05, 4.69) is 0 Å². The topological polar surface area (TPSA) is 86.5 Å². The third-order valence-electron chi connectivity index (χ3n) is 1.71. The standard InChI is InChI=1S/C7H5Cl2NO5S/c1-15-4-2-3-5(16(9,13)14)6(8)7(4)10(11)12/h2-3H,1H3. The number of hydrogen-bond donors (Lipinski definition) is 0. The molecule has 16 heavy (non-hydrogen) atoms. The molecule has 0 fully saturated rings. The molecule has 1 aromatic rings. The quantitative estimate of drug-likeness (QED) is 0.483. The summed E-state index contributed by atoms with van der Waals surface area (Å²) < 4.78 is 26.8. The van der Waals surface area contributed by atoms with Crippen LogP contribution in [0.3, 0.4) is 0 Å². The molecule has 6 nitrogen and oxygen atoms in total. The molecule has 0 atom stereocenters. The van der Waals surface area contributed by atoms with E-state index in [4.69, 9.17) is 27.0 Å². The first-order valence-corrected chi connectivity index (χ1v) is 6.43. The van der Waals surface area contributed by atoms with Gasteiger partial charge in [0, 0.05) is 10.7 Å². The van der Waals surface area contributed by atoms with Gasteiger partial charge in [-0.15, -0.1) is 0 Å². The molecule has 88 valence electrons. The number of halogens is 2. The number of hydrogen-bond acceptors (Lipinski definition) is 5. The van der Waals surface area contributed by atoms with E-state index < -0.39 is 29.6 Å². The van der Waals surface area contributed by atoms with Gasteiger partial charge in [-0.2, -0.15) is 0 Å². The minimum Gasteiger partial charge on any atom is -0.490 e. The summed E-state index contributed by atoms with van der Waals surface area (Å²) in [4.78, 5) is 9.32. The number of nitrogens with zero attached hydrogens (tertiary/aromatic N) is 1. The molecule has 0 saturated carbocycles. The maximum Gasteiger partial charge on any atom is 0.330 e. The third-order valence-corrected chi connectivity index (χ3v) is 3.57. The van der Waals surface area contributed by atoms with Crippen LogP contribution in [0.4, 0.5) is 5.69 Å². The molecule has 0 aromatic heterocycles.